The van der Waals surface area contributed by atoms with Crippen molar-refractivity contribution >= 4 is 59.1 Å². The van der Waals surface area contributed by atoms with Crippen LogP contribution in [0.4, 0.5) is 0 Å². The second-order valence-electron chi connectivity index (χ2n) is 41.8. The van der Waals surface area contributed by atoms with Crippen molar-refractivity contribution in [2.75, 3.05) is 145 Å². The number of carbonyl (C=O) groups excluding carboxylic acids is 9. The molecule has 15 N–H and O–H groups in total. The number of nitrogens with one attached hydrogen (secondary N) is 9. The number of hydrogen-bond donors (Lipinski definition) is 15. The Morgan fingerprint density at radius 1 is 0.421 bits per heavy atom. The molecule has 0 aromatic carbocycles. The van der Waals surface area contributed by atoms with Gasteiger partial charge in [-0.15, -0.1) is 0 Å². The molecule has 1 aromatic rings. The third-order valence-corrected chi connectivity index (χ3v) is 27.3. The zero-order chi connectivity index (χ0) is 102. The molecule has 40 nitrogen and oxygen atoms in total. The predicted octanol–water partition coefficient (Wildman–Crippen LogP) is 4.82. The van der Waals surface area contributed by atoms with Crippen LogP contribution in [0, 0.1) is 34.5 Å². The third-order valence-electron chi connectivity index (χ3n) is 27.3. The molecule has 0 radical (unpaired) electrons. The van der Waals surface area contributed by atoms with Crippen LogP contribution < -0.4 is 53.8 Å². The number of aromatic nitrogens is 2. The number of ether oxygens (including phenoxy) is 13. The molecule has 18 atom stereocenters. The molecule has 0 aliphatic carbocycles. The van der Waals surface area contributed by atoms with E-state index in [4.69, 9.17) is 61.6 Å². The van der Waals surface area contributed by atoms with Gasteiger partial charge < -0.3 is 135 Å². The molecule has 0 saturated carbocycles. The SMILES string of the molecule is C[C@H]1[C@H]2OC[C@](COCCCCC(=O)CCCCNC(=O)CCOCC(COCCC(=O)NCCCNC(=O)CCCCOC[C@@]34CO[C@@H](O3)[C@H](C)[C@@H](O)[C@H]4O)(COCCC(=O)NCCCNC(=O)CCCCOC[C@@]34CO[C@@H](O3)[C@H](C)[C@@H](O)[C@H]4O)NC(=O)CCCCCCCCCCC(=O)NCCCCCCNC(=O)/C=C/c3cn([C@H]4C[C@H](C(C)(C)C)[C@@H](CC(C)(C)C)O4)c(=O)[nH]c3=O)(O2)[C@H](O)[C@@H]1O. The summed E-state index contributed by atoms with van der Waals surface area (Å²) >= 11 is 0. The Hall–Kier alpha value is -6.91. The van der Waals surface area contributed by atoms with Gasteiger partial charge in [-0.3, -0.25) is 57.5 Å². The number of aliphatic hydroxyl groups excluding tert-OH is 6. The van der Waals surface area contributed by atoms with Gasteiger partial charge in [-0.05, 0) is 126 Å². The highest BCUT2D eigenvalue weighted by molar-refractivity contribution is 5.91. The zero-order valence-corrected chi connectivity index (χ0v) is 84.7. The second kappa shape index (κ2) is 60.9. The third kappa shape index (κ3) is 40.1. The summed E-state index contributed by atoms with van der Waals surface area (Å²) in [6, 6.07) is 0. The van der Waals surface area contributed by atoms with Gasteiger partial charge in [0, 0.05) is 153 Å². The Kier molecular flexibility index (Phi) is 51.5. The fraction of sp³-hybridized carbons (Fsp3) is 0.850. The monoisotopic (exact) mass is 1990 g/mol. The van der Waals surface area contributed by atoms with E-state index in [1.807, 2.05) is 0 Å². The first-order valence-electron chi connectivity index (χ1n) is 51.7. The van der Waals surface area contributed by atoms with E-state index < -0.39 is 95.3 Å². The van der Waals surface area contributed by atoms with Gasteiger partial charge in [0.1, 0.15) is 52.7 Å². The second-order valence-corrected chi connectivity index (χ2v) is 41.8. The number of unbranched alkanes of at least 4 members (excludes halogenated alkanes) is 14. The van der Waals surface area contributed by atoms with Crippen LogP contribution in [0.1, 0.15) is 286 Å². The number of aromatic amines is 1. The van der Waals surface area contributed by atoms with Gasteiger partial charge >= 0.3 is 5.69 Å². The Bertz CT molecular complexity index is 3840. The first kappa shape index (κ1) is 118. The van der Waals surface area contributed by atoms with E-state index in [0.29, 0.717) is 149 Å². The quantitative estimate of drug-likeness (QED) is 0.0307. The van der Waals surface area contributed by atoms with Gasteiger partial charge in [-0.2, -0.15) is 0 Å². The van der Waals surface area contributed by atoms with E-state index in [-0.39, 0.29) is 230 Å². The van der Waals surface area contributed by atoms with Gasteiger partial charge in [-0.25, -0.2) is 4.79 Å². The molecule has 40 heteroatoms. The van der Waals surface area contributed by atoms with Gasteiger partial charge in [0.25, 0.3) is 5.56 Å². The number of Topliss-reactive ketones (excluding diaryl/α,β-unsaturated/α-hetero) is 1. The number of fused-ring (bicyclic) bond motifs is 6. The average molecular weight is 1990 g/mol. The maximum Gasteiger partial charge on any atom is 0.330 e. The van der Waals surface area contributed by atoms with Crippen molar-refractivity contribution in [3.05, 3.63) is 38.7 Å². The van der Waals surface area contributed by atoms with Crippen LogP contribution in [0.25, 0.3) is 6.08 Å². The lowest BCUT2D eigenvalue weighted by molar-refractivity contribution is -0.248. The molecular formula is C100H170N10O30. The maximum absolute atomic E-state index is 14.2. The van der Waals surface area contributed by atoms with Crippen LogP contribution in [0.3, 0.4) is 0 Å². The number of aliphatic hydroxyl groups is 6. The smallest absolute Gasteiger partial charge is 0.330 e. The van der Waals surface area contributed by atoms with Crippen LogP contribution in [0.2, 0.25) is 0 Å². The number of ketones is 1. The lowest BCUT2D eigenvalue weighted by Crippen LogP contribution is -2.60. The van der Waals surface area contributed by atoms with Crippen molar-refractivity contribution in [3.63, 3.8) is 0 Å². The first-order valence-corrected chi connectivity index (χ1v) is 51.7. The van der Waals surface area contributed by atoms with Crippen molar-refractivity contribution < 1.29 is 135 Å². The van der Waals surface area contributed by atoms with Gasteiger partial charge in [0.2, 0.25) is 47.3 Å². The Labute approximate surface area is 825 Å². The molecule has 7 aliphatic rings. The standard InChI is InChI=1S/C100H170N10O30/c1-68-84(120)87(123)98(65-134-91(68)138-98)62-128-50-27-21-33-72(111)32-20-26-45-103-79(116)40-53-131-59-97(60-132-54-41-80(117)106-48-30-46-104-76(113)35-22-28-51-129-63-99-66-135-92(139-99)69(2)85(121)88(99)124,61-133-55-42-81(118)107-49-31-47-105-77(114)36-23-29-52-130-64-100-67-136-93(140-100)70(3)86(122)89(100)125)109-82(119)37-19-15-13-11-10-12-14-18-34-75(112)101-43-24-16-17-25-44-102-78(115)39-38-71-58-110(94(127)108-90(71)126)83-56-73(96(7,8)9)74(137-83)57-95(4,5)6/h38-39,58,68-70,73-74,83-89,91-93,120-125H,10-37,40-57,59-67H2,1-9H3,(H,101,112)(H,102,115)(H,103,116)(H,104,113)(H,105,114)(H,106,117)(H,107,118)(H,109,119)(H,108,126,127)/b39-38+/t68-,69-,70-,73+,74-,83-,84-,85-,86-,87-,88-,89-,91+,92+,93+,98+,99+,100+/m1/s1. The Morgan fingerprint density at radius 2 is 0.757 bits per heavy atom. The summed E-state index contributed by atoms with van der Waals surface area (Å²) in [7, 11) is 0. The van der Waals surface area contributed by atoms with E-state index in [1.54, 1.807) is 20.8 Å². The molecule has 7 saturated heterocycles. The topological polar surface area (TPSA) is 546 Å². The molecule has 8 heterocycles. The summed E-state index contributed by atoms with van der Waals surface area (Å²) in [5, 5.41) is 86.8. The molecule has 0 spiro atoms. The molecule has 0 unspecified atom stereocenters. The molecule has 6 bridgehead atoms. The van der Waals surface area contributed by atoms with Gasteiger partial charge in [-0.1, -0.05) is 114 Å². The van der Waals surface area contributed by atoms with Crippen molar-refractivity contribution in [1.29, 1.82) is 0 Å². The van der Waals surface area contributed by atoms with Crippen LogP contribution in [0.15, 0.2) is 21.9 Å². The molecule has 8 rings (SSSR count). The molecular weight excluding hydrogens is 1820 g/mol. The molecule has 8 amide bonds. The highest BCUT2D eigenvalue weighted by Crippen LogP contribution is 2.48. The highest BCUT2D eigenvalue weighted by Gasteiger charge is 2.61. The minimum absolute atomic E-state index is 0.00126. The zero-order valence-electron chi connectivity index (χ0n) is 84.7. The Balaban J connectivity index is 0.737. The van der Waals surface area contributed by atoms with Crippen molar-refractivity contribution in [2.45, 2.75) is 364 Å². The molecule has 1 aromatic heterocycles. The fourth-order valence-corrected chi connectivity index (χ4v) is 18.5. The number of rotatable bonds is 72. The van der Waals surface area contributed by atoms with E-state index >= 15 is 0 Å². The van der Waals surface area contributed by atoms with E-state index in [2.05, 4.69) is 89.1 Å². The maximum atomic E-state index is 14.2. The van der Waals surface area contributed by atoms with Crippen LogP contribution in [0.5, 0.6) is 0 Å². The number of nitrogens with zero attached hydrogens (tertiary/aromatic N) is 1. The van der Waals surface area contributed by atoms with Crippen molar-refractivity contribution in [1.82, 2.24) is 52.1 Å². The van der Waals surface area contributed by atoms with Gasteiger partial charge in [0.15, 0.2) is 18.9 Å². The van der Waals surface area contributed by atoms with Gasteiger partial charge in [0.05, 0.1) is 109 Å². The van der Waals surface area contributed by atoms with E-state index in [9.17, 15) is 83.4 Å². The molecule has 800 valence electrons. The normalized spacial score (nSPS) is 26.4. The minimum Gasteiger partial charge on any atom is -0.390 e. The number of carbonyl (C=O) groups is 9. The summed E-state index contributed by atoms with van der Waals surface area (Å²) in [5.41, 5.74) is -5.83. The van der Waals surface area contributed by atoms with E-state index in [1.165, 1.54) is 22.9 Å². The first-order chi connectivity index (χ1) is 66.9. The summed E-state index contributed by atoms with van der Waals surface area (Å²) in [4.78, 5) is 146. The van der Waals surface area contributed by atoms with Crippen LogP contribution >= 0.6 is 0 Å². The molecule has 140 heavy (non-hydrogen) atoms. The van der Waals surface area contributed by atoms with Crippen molar-refractivity contribution in [2.24, 2.45) is 34.5 Å². The molecule has 7 aliphatic heterocycles. The largest absolute Gasteiger partial charge is 0.390 e. The fourth-order valence-electron chi connectivity index (χ4n) is 18.5. The lowest BCUT2D eigenvalue weighted by Gasteiger charge is -2.41. The number of amides is 8. The van der Waals surface area contributed by atoms with Crippen LogP contribution in [-0.2, 0) is 105 Å². The summed E-state index contributed by atoms with van der Waals surface area (Å²) in [5.74, 6) is -2.84. The minimum atomic E-state index is -1.38. The highest BCUT2D eigenvalue weighted by atomic mass is 16.8. The Morgan fingerprint density at radius 3 is 1.15 bits per heavy atom. The summed E-state index contributed by atoms with van der Waals surface area (Å²) in [6.07, 6.45) is 13.5. The predicted molar refractivity (Wildman–Crippen MR) is 515 cm³/mol. The van der Waals surface area contributed by atoms with E-state index in [0.717, 1.165) is 77.0 Å². The summed E-state index contributed by atoms with van der Waals surface area (Å²) < 4.78 is 78.5. The lowest BCUT2D eigenvalue weighted by atomic mass is 9.73. The summed E-state index contributed by atoms with van der Waals surface area (Å²) in [6.45, 7) is 21.2. The number of hydrogen-bond acceptors (Lipinski definition) is 30. The molecule has 7 fully saturated rings. The van der Waals surface area contributed by atoms with Crippen molar-refractivity contribution in [3.8, 4) is 0 Å². The number of H-pyrrole nitrogens is 1. The average Bonchev–Trinajstić information content (AvgIpc) is 1.61. The van der Waals surface area contributed by atoms with Crippen LogP contribution in [-0.4, -0.2) is 322 Å².